The van der Waals surface area contributed by atoms with Crippen LogP contribution in [0.5, 0.6) is 0 Å². The molecule has 1 aromatic carbocycles. The molecule has 3 rings (SSSR count). The Balaban J connectivity index is 1.79. The van der Waals surface area contributed by atoms with Gasteiger partial charge in [-0.1, -0.05) is 12.8 Å². The third-order valence-corrected chi connectivity index (χ3v) is 4.45. The van der Waals surface area contributed by atoms with Crippen molar-refractivity contribution in [3.05, 3.63) is 23.0 Å². The Hall–Kier alpha value is -2.35. The Bertz CT molecular complexity index is 820. The van der Waals surface area contributed by atoms with Crippen molar-refractivity contribution < 1.29 is 14.0 Å². The molecule has 128 valence electrons. The largest absolute Gasteiger partial charge is 0.429 e. The number of anilines is 1. The van der Waals surface area contributed by atoms with Crippen LogP contribution in [0.1, 0.15) is 32.6 Å². The lowest BCUT2D eigenvalue weighted by Gasteiger charge is -2.29. The number of rotatable bonds is 4. The molecule has 0 bridgehead atoms. The van der Waals surface area contributed by atoms with Gasteiger partial charge in [0.2, 0.25) is 5.91 Å². The minimum absolute atomic E-state index is 0.209. The molecule has 1 saturated carbocycles. The van der Waals surface area contributed by atoms with E-state index in [2.05, 4.69) is 20.9 Å². The Morgan fingerprint density at radius 2 is 2.08 bits per heavy atom. The molecule has 8 heteroatoms. The molecule has 1 heterocycles. The molecule has 1 aliphatic carbocycles. The van der Waals surface area contributed by atoms with E-state index in [-0.39, 0.29) is 11.9 Å². The number of fused-ring (bicyclic) bond motifs is 1. The van der Waals surface area contributed by atoms with Crippen LogP contribution in [0.2, 0.25) is 0 Å². The Kier molecular flexibility index (Phi) is 4.57. The van der Waals surface area contributed by atoms with Crippen LogP contribution in [-0.4, -0.2) is 29.0 Å². The highest BCUT2D eigenvalue weighted by atomic mass is 32.1. The standard InChI is InChI=1S/C16H20N4O3S/c1-2-17-14(22)20-16(7-3-4-8-16)13(21)18-10-5-6-11-12(9-10)23-15(24)19-11/h5-6,9H,2-4,7-8H2,1H3,(H,18,21)(H,19,24)(H2,17,20,22). The van der Waals surface area contributed by atoms with Crippen LogP contribution in [-0.2, 0) is 4.79 Å². The molecule has 0 aliphatic heterocycles. The topological polar surface area (TPSA) is 99.2 Å². The second-order valence-corrected chi connectivity index (χ2v) is 6.32. The predicted octanol–water partition coefficient (Wildman–Crippen LogP) is 3.06. The fourth-order valence-electron chi connectivity index (χ4n) is 3.08. The van der Waals surface area contributed by atoms with E-state index in [1.54, 1.807) is 18.2 Å². The number of amides is 3. The smallest absolute Gasteiger partial charge is 0.315 e. The van der Waals surface area contributed by atoms with E-state index in [1.807, 2.05) is 6.92 Å². The number of nitrogens with one attached hydrogen (secondary N) is 4. The number of oxazole rings is 1. The van der Waals surface area contributed by atoms with Crippen molar-refractivity contribution in [1.82, 2.24) is 15.6 Å². The molecule has 1 aliphatic rings. The molecule has 0 unspecified atom stereocenters. The molecule has 0 radical (unpaired) electrons. The van der Waals surface area contributed by atoms with Gasteiger partial charge in [0.15, 0.2) is 5.58 Å². The van der Waals surface area contributed by atoms with Crippen LogP contribution >= 0.6 is 12.2 Å². The van der Waals surface area contributed by atoms with Gasteiger partial charge in [-0.3, -0.25) is 4.79 Å². The van der Waals surface area contributed by atoms with Gasteiger partial charge in [0.1, 0.15) is 5.54 Å². The van der Waals surface area contributed by atoms with Gasteiger partial charge in [-0.25, -0.2) is 4.79 Å². The van der Waals surface area contributed by atoms with Crippen LogP contribution in [0.15, 0.2) is 22.6 Å². The first-order chi connectivity index (χ1) is 11.5. The lowest BCUT2D eigenvalue weighted by atomic mass is 9.96. The molecule has 1 aromatic heterocycles. The SMILES string of the molecule is CCNC(=O)NC1(C(=O)Nc2ccc3[nH]c(=S)oc3c2)CCCC1. The van der Waals surface area contributed by atoms with E-state index >= 15 is 0 Å². The van der Waals surface area contributed by atoms with Crippen molar-refractivity contribution in [2.24, 2.45) is 0 Å². The van der Waals surface area contributed by atoms with Crippen LogP contribution in [0, 0.1) is 4.84 Å². The Labute approximate surface area is 144 Å². The zero-order chi connectivity index (χ0) is 17.2. The molecule has 0 spiro atoms. The number of aromatic nitrogens is 1. The zero-order valence-corrected chi connectivity index (χ0v) is 14.2. The summed E-state index contributed by atoms with van der Waals surface area (Å²) in [5, 5.41) is 8.41. The maximum Gasteiger partial charge on any atom is 0.315 e. The van der Waals surface area contributed by atoms with Crippen molar-refractivity contribution in [2.75, 3.05) is 11.9 Å². The zero-order valence-electron chi connectivity index (χ0n) is 13.4. The predicted molar refractivity (Wildman–Crippen MR) is 93.4 cm³/mol. The van der Waals surface area contributed by atoms with Gasteiger partial charge in [-0.05, 0) is 44.1 Å². The summed E-state index contributed by atoms with van der Waals surface area (Å²) in [5.74, 6) is -0.209. The third kappa shape index (κ3) is 3.28. The number of H-pyrrole nitrogens is 1. The highest BCUT2D eigenvalue weighted by Crippen LogP contribution is 2.31. The van der Waals surface area contributed by atoms with Crippen molar-refractivity contribution >= 4 is 40.9 Å². The summed E-state index contributed by atoms with van der Waals surface area (Å²) >= 11 is 4.96. The van der Waals surface area contributed by atoms with Crippen molar-refractivity contribution in [3.63, 3.8) is 0 Å². The number of hydrogen-bond acceptors (Lipinski definition) is 4. The normalized spacial score (nSPS) is 16.0. The molecule has 4 N–H and O–H groups in total. The van der Waals surface area contributed by atoms with Gasteiger partial charge < -0.3 is 25.4 Å². The van der Waals surface area contributed by atoms with Crippen molar-refractivity contribution in [3.8, 4) is 0 Å². The molecule has 3 amide bonds. The first kappa shape index (κ1) is 16.5. The van der Waals surface area contributed by atoms with E-state index < -0.39 is 5.54 Å². The van der Waals surface area contributed by atoms with Crippen LogP contribution in [0.25, 0.3) is 11.1 Å². The first-order valence-corrected chi connectivity index (χ1v) is 8.43. The number of hydrogen-bond donors (Lipinski definition) is 4. The summed E-state index contributed by atoms with van der Waals surface area (Å²) in [4.78, 5) is 27.9. The first-order valence-electron chi connectivity index (χ1n) is 8.03. The van der Waals surface area contributed by atoms with Crippen LogP contribution in [0.3, 0.4) is 0 Å². The molecule has 7 nitrogen and oxygen atoms in total. The quantitative estimate of drug-likeness (QED) is 0.638. The molecule has 0 saturated heterocycles. The number of carbonyl (C=O) groups excluding carboxylic acids is 2. The van der Waals surface area contributed by atoms with Gasteiger partial charge in [-0.15, -0.1) is 0 Å². The summed E-state index contributed by atoms with van der Waals surface area (Å²) in [5.41, 5.74) is 1.09. The minimum atomic E-state index is -0.868. The monoisotopic (exact) mass is 348 g/mol. The molecule has 2 aromatic rings. The molecular formula is C16H20N4O3S. The summed E-state index contributed by atoms with van der Waals surface area (Å²) in [6.07, 6.45) is 3.07. The second kappa shape index (κ2) is 6.64. The maximum absolute atomic E-state index is 12.8. The summed E-state index contributed by atoms with van der Waals surface area (Å²) in [6, 6.07) is 4.97. The van der Waals surface area contributed by atoms with Gasteiger partial charge in [0.25, 0.3) is 4.84 Å². The highest BCUT2D eigenvalue weighted by molar-refractivity contribution is 7.71. The lowest BCUT2D eigenvalue weighted by molar-refractivity contribution is -0.121. The fourth-order valence-corrected chi connectivity index (χ4v) is 3.28. The Morgan fingerprint density at radius 1 is 1.33 bits per heavy atom. The lowest BCUT2D eigenvalue weighted by Crippen LogP contribution is -2.57. The molecule has 1 fully saturated rings. The number of benzene rings is 1. The van der Waals surface area contributed by atoms with E-state index in [9.17, 15) is 9.59 Å². The van der Waals surface area contributed by atoms with Crippen LogP contribution in [0.4, 0.5) is 10.5 Å². The van der Waals surface area contributed by atoms with E-state index in [0.29, 0.717) is 35.5 Å². The summed E-state index contributed by atoms with van der Waals surface area (Å²) in [6.45, 7) is 2.35. The number of aromatic amines is 1. The maximum atomic E-state index is 12.8. The van der Waals surface area contributed by atoms with E-state index in [0.717, 1.165) is 18.4 Å². The average molecular weight is 348 g/mol. The van der Waals surface area contributed by atoms with Crippen molar-refractivity contribution in [1.29, 1.82) is 0 Å². The van der Waals surface area contributed by atoms with E-state index in [1.165, 1.54) is 0 Å². The van der Waals surface area contributed by atoms with Gasteiger partial charge in [0, 0.05) is 18.3 Å². The molecule has 0 atom stereocenters. The minimum Gasteiger partial charge on any atom is -0.429 e. The fraction of sp³-hybridized carbons (Fsp3) is 0.438. The van der Waals surface area contributed by atoms with Gasteiger partial charge >= 0.3 is 6.03 Å². The Morgan fingerprint density at radius 3 is 2.79 bits per heavy atom. The molecular weight excluding hydrogens is 328 g/mol. The summed E-state index contributed by atoms with van der Waals surface area (Å²) < 4.78 is 5.37. The molecule has 24 heavy (non-hydrogen) atoms. The average Bonchev–Trinajstić information content (AvgIpc) is 3.13. The summed E-state index contributed by atoms with van der Waals surface area (Å²) in [7, 11) is 0. The second-order valence-electron chi connectivity index (χ2n) is 5.95. The number of carbonyl (C=O) groups is 2. The third-order valence-electron chi connectivity index (χ3n) is 4.26. The van der Waals surface area contributed by atoms with Crippen LogP contribution < -0.4 is 16.0 Å². The van der Waals surface area contributed by atoms with E-state index in [4.69, 9.17) is 16.6 Å². The number of urea groups is 1. The van der Waals surface area contributed by atoms with Crippen molar-refractivity contribution in [2.45, 2.75) is 38.1 Å². The highest BCUT2D eigenvalue weighted by Gasteiger charge is 2.42. The van der Waals surface area contributed by atoms with Gasteiger partial charge in [-0.2, -0.15) is 0 Å². The van der Waals surface area contributed by atoms with Gasteiger partial charge in [0.05, 0.1) is 5.52 Å².